The Balaban J connectivity index is 1.42. The van der Waals surface area contributed by atoms with Gasteiger partial charge in [-0.1, -0.05) is 115 Å². The van der Waals surface area contributed by atoms with Gasteiger partial charge in [0, 0.05) is 27.5 Å². The van der Waals surface area contributed by atoms with Crippen LogP contribution < -0.4 is 0 Å². The highest BCUT2D eigenvalue weighted by atomic mass is 16.3. The number of rotatable bonds is 2. The van der Waals surface area contributed by atoms with E-state index in [2.05, 4.69) is 127 Å². The molecule has 1 aliphatic rings. The summed E-state index contributed by atoms with van der Waals surface area (Å²) in [5.41, 5.74) is 8.81. The molecule has 2 nitrogen and oxygen atoms in total. The summed E-state index contributed by atoms with van der Waals surface area (Å²) in [7, 11) is 0. The number of aryl methyl sites for hydroxylation is 1. The first kappa shape index (κ1) is 23.9. The third kappa shape index (κ3) is 3.20. The van der Waals surface area contributed by atoms with Crippen molar-refractivity contribution in [1.82, 2.24) is 0 Å². The van der Waals surface area contributed by atoms with Gasteiger partial charge in [-0.2, -0.15) is 0 Å². The van der Waals surface area contributed by atoms with E-state index in [-0.39, 0.29) is 0 Å². The molecule has 0 unspecified atom stereocenters. The number of hydrogen-bond acceptors (Lipinski definition) is 2. The molecular weight excluding hydrogens is 536 g/mol. The van der Waals surface area contributed by atoms with Gasteiger partial charge in [0.15, 0.2) is 0 Å². The van der Waals surface area contributed by atoms with Crippen molar-refractivity contribution in [3.8, 4) is 22.3 Å². The fraction of sp³-hybridized carbons (Fsp3) is 0.0476. The van der Waals surface area contributed by atoms with Crippen molar-refractivity contribution in [1.29, 1.82) is 0 Å². The minimum Gasteiger partial charge on any atom is -0.456 e. The van der Waals surface area contributed by atoms with E-state index in [1.165, 1.54) is 54.6 Å². The van der Waals surface area contributed by atoms with Gasteiger partial charge in [-0.15, -0.1) is 0 Å². The molecule has 0 atom stereocenters. The highest BCUT2D eigenvalue weighted by Gasteiger charge is 2.26. The molecule has 0 amide bonds. The highest BCUT2D eigenvalue weighted by Crippen LogP contribution is 2.50. The summed E-state index contributed by atoms with van der Waals surface area (Å²) in [6.45, 7) is 0. The van der Waals surface area contributed by atoms with Crippen LogP contribution in [0.25, 0.3) is 93.6 Å². The maximum Gasteiger partial charge on any atom is 0.146 e. The van der Waals surface area contributed by atoms with Gasteiger partial charge < -0.3 is 8.83 Å². The average molecular weight is 563 g/mol. The lowest BCUT2D eigenvalue weighted by atomic mass is 9.84. The van der Waals surface area contributed by atoms with Crippen molar-refractivity contribution in [3.63, 3.8) is 0 Å². The van der Waals surface area contributed by atoms with Crippen molar-refractivity contribution >= 4 is 71.3 Å². The van der Waals surface area contributed by atoms with Gasteiger partial charge in [0.1, 0.15) is 22.5 Å². The first-order valence-electron chi connectivity index (χ1n) is 15.3. The van der Waals surface area contributed by atoms with Gasteiger partial charge in [-0.3, -0.25) is 0 Å². The molecule has 0 bridgehead atoms. The molecule has 0 spiro atoms. The van der Waals surface area contributed by atoms with Crippen LogP contribution in [-0.2, 0) is 6.42 Å². The van der Waals surface area contributed by atoms with Crippen molar-refractivity contribution in [2.24, 2.45) is 0 Å². The maximum absolute atomic E-state index is 6.80. The molecule has 0 fully saturated rings. The summed E-state index contributed by atoms with van der Waals surface area (Å²) in [6.07, 6.45) is 6.29. The zero-order valence-electron chi connectivity index (χ0n) is 23.9. The maximum atomic E-state index is 6.80. The van der Waals surface area contributed by atoms with Gasteiger partial charge in [-0.05, 0) is 74.5 Å². The average Bonchev–Trinajstić information content (AvgIpc) is 3.65. The summed E-state index contributed by atoms with van der Waals surface area (Å²) >= 11 is 0. The Morgan fingerprint density at radius 1 is 0.477 bits per heavy atom. The Morgan fingerprint density at radius 2 is 1.09 bits per heavy atom. The Bertz CT molecular complexity index is 2600. The fourth-order valence-electron chi connectivity index (χ4n) is 7.66. The molecule has 0 N–H and O–H groups in total. The van der Waals surface area contributed by atoms with E-state index in [0.29, 0.717) is 0 Å². The molecule has 2 heteroatoms. The second-order valence-corrected chi connectivity index (χ2v) is 11.9. The van der Waals surface area contributed by atoms with Crippen LogP contribution in [0.2, 0.25) is 0 Å². The van der Waals surface area contributed by atoms with E-state index in [0.717, 1.165) is 57.1 Å². The van der Waals surface area contributed by atoms with Gasteiger partial charge in [0.2, 0.25) is 0 Å². The molecule has 0 saturated heterocycles. The Morgan fingerprint density at radius 3 is 1.84 bits per heavy atom. The normalized spacial score (nSPS) is 13.2. The van der Waals surface area contributed by atoms with Crippen molar-refractivity contribution in [3.05, 3.63) is 139 Å². The number of allylic oxidation sites excluding steroid dienone is 1. The predicted molar refractivity (Wildman–Crippen MR) is 184 cm³/mol. The second kappa shape index (κ2) is 8.95. The van der Waals surface area contributed by atoms with Crippen molar-refractivity contribution in [2.75, 3.05) is 0 Å². The van der Waals surface area contributed by atoms with Crippen LogP contribution in [-0.4, -0.2) is 0 Å². The van der Waals surface area contributed by atoms with Crippen LogP contribution >= 0.6 is 0 Å². The Labute approximate surface area is 253 Å². The van der Waals surface area contributed by atoms with E-state index in [4.69, 9.17) is 8.83 Å². The molecule has 0 radical (unpaired) electrons. The van der Waals surface area contributed by atoms with E-state index < -0.39 is 0 Å². The van der Waals surface area contributed by atoms with Crippen LogP contribution in [0.15, 0.2) is 136 Å². The highest BCUT2D eigenvalue weighted by molar-refractivity contribution is 6.27. The lowest BCUT2D eigenvalue weighted by molar-refractivity contribution is 0.596. The zero-order chi connectivity index (χ0) is 28.8. The molecule has 206 valence electrons. The summed E-state index contributed by atoms with van der Waals surface area (Å²) < 4.78 is 13.4. The van der Waals surface area contributed by atoms with Gasteiger partial charge in [-0.25, -0.2) is 0 Å². The van der Waals surface area contributed by atoms with E-state index in [9.17, 15) is 0 Å². The second-order valence-electron chi connectivity index (χ2n) is 11.9. The fourth-order valence-corrected chi connectivity index (χ4v) is 7.66. The lowest BCUT2D eigenvalue weighted by Gasteiger charge is -2.19. The molecule has 0 aliphatic heterocycles. The molecular formula is C42H26O2. The molecule has 0 saturated carbocycles. The van der Waals surface area contributed by atoms with E-state index in [1.807, 2.05) is 6.07 Å². The summed E-state index contributed by atoms with van der Waals surface area (Å²) in [5, 5.41) is 10.8. The Hall–Kier alpha value is -5.60. The molecule has 2 heterocycles. The zero-order valence-corrected chi connectivity index (χ0v) is 23.9. The quantitative estimate of drug-likeness (QED) is 0.196. The third-order valence-electron chi connectivity index (χ3n) is 9.52. The van der Waals surface area contributed by atoms with Gasteiger partial charge >= 0.3 is 0 Å². The van der Waals surface area contributed by atoms with E-state index in [1.54, 1.807) is 0 Å². The smallest absolute Gasteiger partial charge is 0.146 e. The van der Waals surface area contributed by atoms with E-state index >= 15 is 0 Å². The SMILES string of the molecule is C1=Cc2oc3c(-c4c5ccccc5c(-c5cccc6ccccc56)c5ccccc45)cc4c5ccccc5oc4c3c2CC1. The molecule has 2 aromatic heterocycles. The first-order chi connectivity index (χ1) is 21.8. The number of para-hydroxylation sites is 1. The summed E-state index contributed by atoms with van der Waals surface area (Å²) in [6, 6.07) is 43.8. The third-order valence-corrected chi connectivity index (χ3v) is 9.52. The summed E-state index contributed by atoms with van der Waals surface area (Å²) in [4.78, 5) is 0. The lowest BCUT2D eigenvalue weighted by Crippen LogP contribution is -1.92. The van der Waals surface area contributed by atoms with Crippen LogP contribution in [0.1, 0.15) is 17.7 Å². The van der Waals surface area contributed by atoms with Crippen LogP contribution in [0.5, 0.6) is 0 Å². The summed E-state index contributed by atoms with van der Waals surface area (Å²) in [5.74, 6) is 0.946. The predicted octanol–water partition coefficient (Wildman–Crippen LogP) is 12.1. The van der Waals surface area contributed by atoms with Crippen molar-refractivity contribution < 1.29 is 8.83 Å². The molecule has 1 aliphatic carbocycles. The molecule has 7 aromatic carbocycles. The number of furan rings is 2. The molecule has 10 rings (SSSR count). The van der Waals surface area contributed by atoms with Crippen LogP contribution in [0.3, 0.4) is 0 Å². The van der Waals surface area contributed by atoms with Gasteiger partial charge in [0.25, 0.3) is 0 Å². The van der Waals surface area contributed by atoms with Crippen LogP contribution in [0.4, 0.5) is 0 Å². The number of fused-ring (bicyclic) bond motifs is 10. The topological polar surface area (TPSA) is 26.3 Å². The minimum absolute atomic E-state index is 0.904. The Kier molecular flexibility index (Phi) is 4.86. The van der Waals surface area contributed by atoms with Crippen molar-refractivity contribution in [2.45, 2.75) is 12.8 Å². The molecule has 9 aromatic rings. The monoisotopic (exact) mass is 562 g/mol. The van der Waals surface area contributed by atoms with Gasteiger partial charge in [0.05, 0.1) is 5.39 Å². The number of hydrogen-bond donors (Lipinski definition) is 0. The molecule has 44 heavy (non-hydrogen) atoms. The first-order valence-corrected chi connectivity index (χ1v) is 15.3. The number of benzene rings is 7. The standard InChI is InChI=1S/C42H26O2/c1-2-14-26-25(12-1)13-11-21-28(26)38-29-16-3-5-18-31(29)39(32-19-6-4-17-30(32)38)35-24-34-27-15-7-9-22-36(27)43-41(34)40-33-20-8-10-23-37(33)44-42(35)40/h1-7,9-19,21-24H,8,20H2. The minimum atomic E-state index is 0.904. The largest absolute Gasteiger partial charge is 0.456 e. The van der Waals surface area contributed by atoms with Crippen LogP contribution in [0, 0.1) is 0 Å².